The molecule has 1 heterocycles. The molecule has 0 spiro atoms. The molecular weight excluding hydrogens is 230 g/mol. The lowest BCUT2D eigenvalue weighted by molar-refractivity contribution is 0.0669. The first-order chi connectivity index (χ1) is 8.65. The molecule has 1 aromatic rings. The maximum atomic E-state index is 12.4. The van der Waals surface area contributed by atoms with Crippen LogP contribution in [0.25, 0.3) is 0 Å². The van der Waals surface area contributed by atoms with Crippen molar-refractivity contribution in [2.24, 2.45) is 0 Å². The van der Waals surface area contributed by atoms with Gasteiger partial charge < -0.3 is 10.0 Å². The molecule has 0 bridgehead atoms. The van der Waals surface area contributed by atoms with E-state index in [1.807, 2.05) is 4.90 Å². The van der Waals surface area contributed by atoms with Crippen molar-refractivity contribution in [1.82, 2.24) is 4.90 Å². The lowest BCUT2D eigenvalue weighted by atomic mass is 10.1. The molecule has 0 radical (unpaired) electrons. The highest BCUT2D eigenvalue weighted by molar-refractivity contribution is 6.04. The van der Waals surface area contributed by atoms with E-state index < -0.39 is 5.97 Å². The van der Waals surface area contributed by atoms with Crippen LogP contribution in [0.2, 0.25) is 0 Å². The fraction of sp³-hybridized carbons (Fsp3) is 0.429. The molecule has 1 unspecified atom stereocenters. The highest BCUT2D eigenvalue weighted by atomic mass is 16.4. The molecule has 4 nitrogen and oxygen atoms in total. The van der Waals surface area contributed by atoms with E-state index in [0.717, 1.165) is 25.8 Å². The van der Waals surface area contributed by atoms with Gasteiger partial charge in [-0.15, -0.1) is 0 Å². The molecule has 1 N–H and O–H groups in total. The summed E-state index contributed by atoms with van der Waals surface area (Å²) >= 11 is 0. The largest absolute Gasteiger partial charge is 0.478 e. The molecule has 0 saturated carbocycles. The molecular formula is C14H17NO3. The molecule has 1 amide bonds. The van der Waals surface area contributed by atoms with E-state index >= 15 is 0 Å². The summed E-state index contributed by atoms with van der Waals surface area (Å²) in [7, 11) is 0. The summed E-state index contributed by atoms with van der Waals surface area (Å²) in [6, 6.07) is 6.67. The average molecular weight is 247 g/mol. The number of carbonyl (C=O) groups is 2. The average Bonchev–Trinajstić information content (AvgIpc) is 2.86. The quantitative estimate of drug-likeness (QED) is 0.892. The van der Waals surface area contributed by atoms with Crippen LogP contribution in [-0.4, -0.2) is 34.5 Å². The van der Waals surface area contributed by atoms with Gasteiger partial charge in [0.25, 0.3) is 5.91 Å². The first-order valence-electron chi connectivity index (χ1n) is 6.28. The summed E-state index contributed by atoms with van der Waals surface area (Å²) < 4.78 is 0. The minimum atomic E-state index is -1.05. The van der Waals surface area contributed by atoms with E-state index in [4.69, 9.17) is 5.11 Å². The summed E-state index contributed by atoms with van der Waals surface area (Å²) in [4.78, 5) is 25.3. The third-order valence-corrected chi connectivity index (χ3v) is 3.50. The Hall–Kier alpha value is -1.84. The molecule has 1 atom stereocenters. The molecule has 2 rings (SSSR count). The van der Waals surface area contributed by atoms with Gasteiger partial charge in [0.15, 0.2) is 0 Å². The van der Waals surface area contributed by atoms with Gasteiger partial charge in [-0.3, -0.25) is 4.79 Å². The Labute approximate surface area is 106 Å². The third kappa shape index (κ3) is 2.23. The molecule has 96 valence electrons. The fourth-order valence-corrected chi connectivity index (χ4v) is 2.54. The number of carboxylic acid groups (broad SMARTS) is 1. The standard InChI is InChI=1S/C14H17NO3/c1-2-10-6-5-9-15(10)13(16)11-7-3-4-8-12(11)14(17)18/h3-4,7-8,10H,2,5-6,9H2,1H3,(H,17,18). The Balaban J connectivity index is 2.31. The second kappa shape index (κ2) is 5.21. The van der Waals surface area contributed by atoms with Gasteiger partial charge in [-0.2, -0.15) is 0 Å². The van der Waals surface area contributed by atoms with E-state index in [1.54, 1.807) is 18.2 Å². The van der Waals surface area contributed by atoms with Crippen molar-refractivity contribution in [2.45, 2.75) is 32.2 Å². The van der Waals surface area contributed by atoms with Crippen LogP contribution in [-0.2, 0) is 0 Å². The number of amides is 1. The molecule has 1 aliphatic heterocycles. The van der Waals surface area contributed by atoms with Crippen molar-refractivity contribution < 1.29 is 14.7 Å². The molecule has 4 heteroatoms. The van der Waals surface area contributed by atoms with Crippen molar-refractivity contribution in [3.8, 4) is 0 Å². The summed E-state index contributed by atoms with van der Waals surface area (Å²) in [5.74, 6) is -1.21. The number of carbonyl (C=O) groups excluding carboxylic acids is 1. The van der Waals surface area contributed by atoms with Crippen LogP contribution in [0.5, 0.6) is 0 Å². The normalized spacial score (nSPS) is 18.9. The topological polar surface area (TPSA) is 57.6 Å². The highest BCUT2D eigenvalue weighted by Crippen LogP contribution is 2.23. The summed E-state index contributed by atoms with van der Waals surface area (Å²) in [5, 5.41) is 9.11. The van der Waals surface area contributed by atoms with Crippen LogP contribution >= 0.6 is 0 Å². The number of nitrogens with zero attached hydrogens (tertiary/aromatic N) is 1. The molecule has 1 saturated heterocycles. The Morgan fingerprint density at radius 1 is 1.33 bits per heavy atom. The SMILES string of the molecule is CCC1CCCN1C(=O)c1ccccc1C(=O)O. The lowest BCUT2D eigenvalue weighted by Gasteiger charge is -2.24. The number of aromatic carboxylic acids is 1. The lowest BCUT2D eigenvalue weighted by Crippen LogP contribution is -2.35. The number of carboxylic acids is 1. The molecule has 1 aliphatic rings. The predicted molar refractivity (Wildman–Crippen MR) is 67.8 cm³/mol. The zero-order chi connectivity index (χ0) is 13.1. The number of hydrogen-bond acceptors (Lipinski definition) is 2. The van der Waals surface area contributed by atoms with Gasteiger partial charge in [0.1, 0.15) is 0 Å². The second-order valence-electron chi connectivity index (χ2n) is 4.55. The van der Waals surface area contributed by atoms with Crippen LogP contribution < -0.4 is 0 Å². The van der Waals surface area contributed by atoms with Crippen LogP contribution in [0, 0.1) is 0 Å². The maximum Gasteiger partial charge on any atom is 0.336 e. The van der Waals surface area contributed by atoms with E-state index in [-0.39, 0.29) is 17.5 Å². The van der Waals surface area contributed by atoms with Gasteiger partial charge in [0.2, 0.25) is 0 Å². The minimum absolute atomic E-state index is 0.0873. The molecule has 0 aromatic heterocycles. The van der Waals surface area contributed by atoms with Crippen LogP contribution in [0.15, 0.2) is 24.3 Å². The van der Waals surface area contributed by atoms with Crippen LogP contribution in [0.1, 0.15) is 46.9 Å². The fourth-order valence-electron chi connectivity index (χ4n) is 2.54. The van der Waals surface area contributed by atoms with Crippen molar-refractivity contribution in [2.75, 3.05) is 6.54 Å². The zero-order valence-corrected chi connectivity index (χ0v) is 10.4. The Kier molecular flexibility index (Phi) is 3.65. The number of likely N-dealkylation sites (tertiary alicyclic amines) is 1. The third-order valence-electron chi connectivity index (χ3n) is 3.50. The van der Waals surface area contributed by atoms with E-state index in [2.05, 4.69) is 6.92 Å². The predicted octanol–water partition coefficient (Wildman–Crippen LogP) is 2.40. The second-order valence-corrected chi connectivity index (χ2v) is 4.55. The smallest absolute Gasteiger partial charge is 0.336 e. The van der Waals surface area contributed by atoms with Crippen molar-refractivity contribution >= 4 is 11.9 Å². The first kappa shape index (κ1) is 12.6. The minimum Gasteiger partial charge on any atom is -0.478 e. The van der Waals surface area contributed by atoms with Gasteiger partial charge in [-0.1, -0.05) is 19.1 Å². The van der Waals surface area contributed by atoms with Crippen LogP contribution in [0.4, 0.5) is 0 Å². The maximum absolute atomic E-state index is 12.4. The van der Waals surface area contributed by atoms with Gasteiger partial charge in [0, 0.05) is 12.6 Å². The summed E-state index contributed by atoms with van der Waals surface area (Å²) in [5.41, 5.74) is 0.384. The molecule has 1 aromatic carbocycles. The highest BCUT2D eigenvalue weighted by Gasteiger charge is 2.29. The first-order valence-corrected chi connectivity index (χ1v) is 6.28. The Morgan fingerprint density at radius 3 is 2.61 bits per heavy atom. The molecule has 18 heavy (non-hydrogen) atoms. The van der Waals surface area contributed by atoms with Crippen molar-refractivity contribution in [1.29, 1.82) is 0 Å². The van der Waals surface area contributed by atoms with Gasteiger partial charge in [-0.25, -0.2) is 4.79 Å². The van der Waals surface area contributed by atoms with Gasteiger partial charge in [0.05, 0.1) is 11.1 Å². The number of benzene rings is 1. The van der Waals surface area contributed by atoms with E-state index in [0.29, 0.717) is 5.56 Å². The van der Waals surface area contributed by atoms with Gasteiger partial charge >= 0.3 is 5.97 Å². The summed E-state index contributed by atoms with van der Waals surface area (Å²) in [6.07, 6.45) is 2.93. The van der Waals surface area contributed by atoms with Crippen molar-refractivity contribution in [3.05, 3.63) is 35.4 Å². The monoisotopic (exact) mass is 247 g/mol. The number of rotatable bonds is 3. The molecule has 1 fully saturated rings. The van der Waals surface area contributed by atoms with Gasteiger partial charge in [-0.05, 0) is 31.4 Å². The number of hydrogen-bond donors (Lipinski definition) is 1. The van der Waals surface area contributed by atoms with Crippen molar-refractivity contribution in [3.63, 3.8) is 0 Å². The van der Waals surface area contributed by atoms with E-state index in [9.17, 15) is 9.59 Å². The zero-order valence-electron chi connectivity index (χ0n) is 10.4. The van der Waals surface area contributed by atoms with E-state index in [1.165, 1.54) is 6.07 Å². The summed E-state index contributed by atoms with van der Waals surface area (Å²) in [6.45, 7) is 2.78. The van der Waals surface area contributed by atoms with Crippen LogP contribution in [0.3, 0.4) is 0 Å². The Morgan fingerprint density at radius 2 is 2.00 bits per heavy atom. The molecule has 0 aliphatic carbocycles. The Bertz CT molecular complexity index is 470.